The van der Waals surface area contributed by atoms with Crippen LogP contribution in [0.2, 0.25) is 0 Å². The van der Waals surface area contributed by atoms with Crippen molar-refractivity contribution >= 4 is 11.6 Å². The van der Waals surface area contributed by atoms with Crippen LogP contribution in [-0.2, 0) is 0 Å². The molecule has 112 valence electrons. The number of nitrogens with one attached hydrogen (secondary N) is 1. The Hall–Kier alpha value is -1.32. The average molecular weight is 276 g/mol. The lowest BCUT2D eigenvalue weighted by molar-refractivity contribution is 0.295. The first kappa shape index (κ1) is 15.1. The fraction of sp³-hybridized carbons (Fsp3) is 0.750. The Morgan fingerprint density at radius 2 is 1.95 bits per heavy atom. The fourth-order valence-electron chi connectivity index (χ4n) is 3.00. The molecule has 1 aromatic rings. The maximum absolute atomic E-state index is 4.80. The molecule has 0 bridgehead atoms. The predicted octanol–water partition coefficient (Wildman–Crippen LogP) is 3.51. The Labute approximate surface area is 123 Å². The number of aromatic nitrogens is 2. The number of piperidine rings is 1. The minimum Gasteiger partial charge on any atom is -0.373 e. The van der Waals surface area contributed by atoms with Gasteiger partial charge in [0, 0.05) is 31.6 Å². The molecule has 4 heteroatoms. The van der Waals surface area contributed by atoms with Crippen molar-refractivity contribution in [3.05, 3.63) is 11.9 Å². The molecule has 0 aromatic carbocycles. The SMILES string of the molecule is CNc1cc(N2CC(C)CC(C)C2C)nc(C(C)C)n1. The van der Waals surface area contributed by atoms with Crippen molar-refractivity contribution in [2.75, 3.05) is 23.8 Å². The Bertz CT molecular complexity index is 458. The molecular formula is C16H28N4. The van der Waals surface area contributed by atoms with E-state index in [1.54, 1.807) is 0 Å². The third-order valence-corrected chi connectivity index (χ3v) is 4.39. The summed E-state index contributed by atoms with van der Waals surface area (Å²) in [5.74, 6) is 4.67. The molecule has 1 fully saturated rings. The Morgan fingerprint density at radius 3 is 2.55 bits per heavy atom. The molecule has 4 nitrogen and oxygen atoms in total. The number of anilines is 2. The molecule has 2 rings (SSSR count). The van der Waals surface area contributed by atoms with Gasteiger partial charge in [0.25, 0.3) is 0 Å². The molecule has 1 aliphatic heterocycles. The zero-order valence-corrected chi connectivity index (χ0v) is 13.6. The molecule has 20 heavy (non-hydrogen) atoms. The average Bonchev–Trinajstić information content (AvgIpc) is 2.42. The van der Waals surface area contributed by atoms with Crippen LogP contribution in [0.25, 0.3) is 0 Å². The molecule has 0 saturated carbocycles. The van der Waals surface area contributed by atoms with Gasteiger partial charge in [0.15, 0.2) is 0 Å². The summed E-state index contributed by atoms with van der Waals surface area (Å²) in [6.45, 7) is 12.4. The molecule has 2 heterocycles. The van der Waals surface area contributed by atoms with Gasteiger partial charge < -0.3 is 10.2 Å². The molecule has 1 N–H and O–H groups in total. The molecule has 0 spiro atoms. The largest absolute Gasteiger partial charge is 0.373 e. The maximum Gasteiger partial charge on any atom is 0.135 e. The fourth-order valence-corrected chi connectivity index (χ4v) is 3.00. The Balaban J connectivity index is 2.37. The van der Waals surface area contributed by atoms with Crippen LogP contribution in [0.15, 0.2) is 6.07 Å². The lowest BCUT2D eigenvalue weighted by atomic mass is 9.86. The second-order valence-electron chi connectivity index (χ2n) is 6.59. The van der Waals surface area contributed by atoms with Crippen LogP contribution in [0.3, 0.4) is 0 Å². The van der Waals surface area contributed by atoms with E-state index in [-0.39, 0.29) is 0 Å². The van der Waals surface area contributed by atoms with Crippen molar-refractivity contribution in [3.8, 4) is 0 Å². The molecule has 3 unspecified atom stereocenters. The van der Waals surface area contributed by atoms with E-state index < -0.39 is 0 Å². The number of hydrogen-bond donors (Lipinski definition) is 1. The van der Waals surface area contributed by atoms with Crippen LogP contribution in [-0.4, -0.2) is 29.6 Å². The molecule has 0 aliphatic carbocycles. The van der Waals surface area contributed by atoms with Crippen LogP contribution in [0.4, 0.5) is 11.6 Å². The van der Waals surface area contributed by atoms with E-state index >= 15 is 0 Å². The number of nitrogens with zero attached hydrogens (tertiary/aromatic N) is 3. The standard InChI is InChI=1S/C16H28N4/c1-10(2)16-18-14(17-6)8-15(19-16)20-9-11(3)7-12(4)13(20)5/h8,10-13H,7,9H2,1-6H3,(H,17,18,19). The van der Waals surface area contributed by atoms with E-state index in [0.29, 0.717) is 17.9 Å². The summed E-state index contributed by atoms with van der Waals surface area (Å²) in [6, 6.07) is 2.61. The second-order valence-corrected chi connectivity index (χ2v) is 6.59. The molecular weight excluding hydrogens is 248 g/mol. The summed E-state index contributed by atoms with van der Waals surface area (Å²) < 4.78 is 0. The van der Waals surface area contributed by atoms with Gasteiger partial charge in [-0.25, -0.2) is 9.97 Å². The quantitative estimate of drug-likeness (QED) is 0.917. The van der Waals surface area contributed by atoms with Gasteiger partial charge in [-0.2, -0.15) is 0 Å². The highest BCUT2D eigenvalue weighted by molar-refractivity contribution is 5.50. The van der Waals surface area contributed by atoms with Crippen molar-refractivity contribution < 1.29 is 0 Å². The highest BCUT2D eigenvalue weighted by atomic mass is 15.2. The van der Waals surface area contributed by atoms with Crippen LogP contribution < -0.4 is 10.2 Å². The van der Waals surface area contributed by atoms with E-state index in [2.05, 4.69) is 55.9 Å². The first-order valence-corrected chi connectivity index (χ1v) is 7.75. The highest BCUT2D eigenvalue weighted by Crippen LogP contribution is 2.31. The van der Waals surface area contributed by atoms with Crippen molar-refractivity contribution in [3.63, 3.8) is 0 Å². The van der Waals surface area contributed by atoms with Crippen molar-refractivity contribution in [1.29, 1.82) is 0 Å². The minimum absolute atomic E-state index is 0.344. The zero-order valence-electron chi connectivity index (χ0n) is 13.6. The molecule has 3 atom stereocenters. The van der Waals surface area contributed by atoms with Gasteiger partial charge in [0.05, 0.1) is 0 Å². The van der Waals surface area contributed by atoms with E-state index in [9.17, 15) is 0 Å². The zero-order chi connectivity index (χ0) is 14.9. The van der Waals surface area contributed by atoms with Crippen molar-refractivity contribution in [1.82, 2.24) is 9.97 Å². The van der Waals surface area contributed by atoms with Gasteiger partial charge in [-0.1, -0.05) is 27.7 Å². The summed E-state index contributed by atoms with van der Waals surface area (Å²) in [4.78, 5) is 11.8. The van der Waals surface area contributed by atoms with Gasteiger partial charge in [-0.15, -0.1) is 0 Å². The van der Waals surface area contributed by atoms with Gasteiger partial charge in [0.2, 0.25) is 0 Å². The third kappa shape index (κ3) is 3.05. The smallest absolute Gasteiger partial charge is 0.135 e. The van der Waals surface area contributed by atoms with Gasteiger partial charge in [-0.3, -0.25) is 0 Å². The Kier molecular flexibility index (Phi) is 4.51. The van der Waals surface area contributed by atoms with Gasteiger partial charge in [0.1, 0.15) is 17.5 Å². The van der Waals surface area contributed by atoms with Gasteiger partial charge in [-0.05, 0) is 25.2 Å². The van der Waals surface area contributed by atoms with Crippen LogP contribution in [0.1, 0.15) is 52.8 Å². The Morgan fingerprint density at radius 1 is 1.25 bits per heavy atom. The van der Waals surface area contributed by atoms with Gasteiger partial charge >= 0.3 is 0 Å². The topological polar surface area (TPSA) is 41.0 Å². The molecule has 0 amide bonds. The summed E-state index contributed by atoms with van der Waals surface area (Å²) in [6.07, 6.45) is 1.30. The second kappa shape index (κ2) is 5.98. The van der Waals surface area contributed by atoms with Crippen molar-refractivity contribution in [2.45, 2.75) is 53.0 Å². The van der Waals surface area contributed by atoms with E-state index in [4.69, 9.17) is 4.98 Å². The van der Waals surface area contributed by atoms with Crippen LogP contribution >= 0.6 is 0 Å². The van der Waals surface area contributed by atoms with Crippen LogP contribution in [0.5, 0.6) is 0 Å². The summed E-state index contributed by atoms with van der Waals surface area (Å²) in [5, 5.41) is 3.16. The molecule has 0 radical (unpaired) electrons. The monoisotopic (exact) mass is 276 g/mol. The summed E-state index contributed by atoms with van der Waals surface area (Å²) >= 11 is 0. The first-order chi connectivity index (χ1) is 9.42. The highest BCUT2D eigenvalue weighted by Gasteiger charge is 2.30. The lowest BCUT2D eigenvalue weighted by Crippen LogP contribution is -2.46. The minimum atomic E-state index is 0.344. The van der Waals surface area contributed by atoms with E-state index in [1.165, 1.54) is 6.42 Å². The summed E-state index contributed by atoms with van der Waals surface area (Å²) in [5.41, 5.74) is 0. The third-order valence-electron chi connectivity index (χ3n) is 4.39. The molecule has 1 aromatic heterocycles. The summed E-state index contributed by atoms with van der Waals surface area (Å²) in [7, 11) is 1.92. The molecule has 1 saturated heterocycles. The maximum atomic E-state index is 4.80. The van der Waals surface area contributed by atoms with E-state index in [1.807, 2.05) is 7.05 Å². The van der Waals surface area contributed by atoms with Crippen LogP contribution in [0, 0.1) is 11.8 Å². The van der Waals surface area contributed by atoms with Crippen molar-refractivity contribution in [2.24, 2.45) is 11.8 Å². The molecule has 1 aliphatic rings. The predicted molar refractivity (Wildman–Crippen MR) is 85.4 cm³/mol. The number of hydrogen-bond acceptors (Lipinski definition) is 4. The lowest BCUT2D eigenvalue weighted by Gasteiger charge is -2.42. The van der Waals surface area contributed by atoms with E-state index in [0.717, 1.165) is 29.9 Å². The first-order valence-electron chi connectivity index (χ1n) is 7.75. The number of rotatable bonds is 3. The normalized spacial score (nSPS) is 26.9.